The Morgan fingerprint density at radius 1 is 0.862 bits per heavy atom. The van der Waals surface area contributed by atoms with Crippen LogP contribution in [0.1, 0.15) is 5.56 Å². The summed E-state index contributed by atoms with van der Waals surface area (Å²) in [5, 5.41) is 14.5. The molecule has 0 radical (unpaired) electrons. The molecule has 0 N–H and O–H groups in total. The molecule has 3 heterocycles. The van der Waals surface area contributed by atoms with E-state index in [1.807, 2.05) is 43.3 Å². The zero-order valence-corrected chi connectivity index (χ0v) is 15.6. The number of hydrogen-bond acceptors (Lipinski definition) is 3. The Morgan fingerprint density at radius 2 is 1.72 bits per heavy atom. The first-order chi connectivity index (χ1) is 14.1. The van der Waals surface area contributed by atoms with Gasteiger partial charge in [-0.1, -0.05) is 24.3 Å². The standard InChI is InChI=1S/C24H16FN3O/c1-15-8-9-16(17-10-12-28(29)14-21(15)17)20-13-23(19-5-2-3-7-22(19)25)27-24-18(20)6-4-11-26-24/h2-14H,1H3. The zero-order valence-electron chi connectivity index (χ0n) is 15.6. The van der Waals surface area contributed by atoms with Gasteiger partial charge in [0, 0.05) is 28.6 Å². The third-order valence-corrected chi connectivity index (χ3v) is 5.17. The minimum absolute atomic E-state index is 0.331. The van der Waals surface area contributed by atoms with Gasteiger partial charge in [-0.15, -0.1) is 0 Å². The summed E-state index contributed by atoms with van der Waals surface area (Å²) in [5.41, 5.74) is 4.36. The Kier molecular flexibility index (Phi) is 3.95. The molecule has 5 rings (SSSR count). The zero-order chi connectivity index (χ0) is 20.0. The molecule has 0 aliphatic carbocycles. The van der Waals surface area contributed by atoms with Crippen LogP contribution in [0.4, 0.5) is 4.39 Å². The summed E-state index contributed by atoms with van der Waals surface area (Å²) in [4.78, 5) is 9.01. The van der Waals surface area contributed by atoms with Gasteiger partial charge >= 0.3 is 0 Å². The maximum absolute atomic E-state index is 14.5. The second kappa shape index (κ2) is 6.63. The van der Waals surface area contributed by atoms with Gasteiger partial charge < -0.3 is 5.21 Å². The lowest BCUT2D eigenvalue weighted by atomic mass is 9.94. The van der Waals surface area contributed by atoms with Crippen LogP contribution < -0.4 is 4.73 Å². The van der Waals surface area contributed by atoms with Crippen LogP contribution in [0.15, 0.2) is 79.3 Å². The van der Waals surface area contributed by atoms with Gasteiger partial charge in [0.25, 0.3) is 0 Å². The third-order valence-electron chi connectivity index (χ3n) is 5.17. The SMILES string of the molecule is Cc1ccc(-c2cc(-c3ccccc3F)nc3ncccc23)c2cc[n+]([O-])cc12. The number of aryl methyl sites for hydroxylation is 1. The number of halogens is 1. The molecule has 0 saturated heterocycles. The summed E-state index contributed by atoms with van der Waals surface area (Å²) in [6.45, 7) is 1.98. The molecular formula is C24H16FN3O. The lowest BCUT2D eigenvalue weighted by Gasteiger charge is -2.13. The van der Waals surface area contributed by atoms with Crippen LogP contribution in [-0.2, 0) is 0 Å². The summed E-state index contributed by atoms with van der Waals surface area (Å²) < 4.78 is 15.3. The summed E-state index contributed by atoms with van der Waals surface area (Å²) in [7, 11) is 0. The van der Waals surface area contributed by atoms with Gasteiger partial charge in [-0.2, -0.15) is 4.73 Å². The van der Waals surface area contributed by atoms with Gasteiger partial charge in [0.1, 0.15) is 5.82 Å². The topological polar surface area (TPSA) is 52.7 Å². The van der Waals surface area contributed by atoms with E-state index in [0.717, 1.165) is 37.6 Å². The molecule has 0 aliphatic heterocycles. The van der Waals surface area contributed by atoms with Crippen molar-refractivity contribution in [2.45, 2.75) is 6.92 Å². The van der Waals surface area contributed by atoms with Crippen molar-refractivity contribution < 1.29 is 9.12 Å². The lowest BCUT2D eigenvalue weighted by Crippen LogP contribution is -2.23. The molecule has 0 unspecified atom stereocenters. The second-order valence-electron chi connectivity index (χ2n) is 6.97. The fourth-order valence-corrected chi connectivity index (χ4v) is 3.74. The molecule has 0 spiro atoms. The quantitative estimate of drug-likeness (QED) is 0.312. The second-order valence-corrected chi connectivity index (χ2v) is 6.97. The first-order valence-electron chi connectivity index (χ1n) is 9.25. The molecule has 0 bridgehead atoms. The summed E-state index contributed by atoms with van der Waals surface area (Å²) in [6, 6.07) is 18.1. The average molecular weight is 381 g/mol. The molecule has 0 saturated carbocycles. The Hall–Kier alpha value is -3.86. The fraction of sp³-hybridized carbons (Fsp3) is 0.0417. The lowest BCUT2D eigenvalue weighted by molar-refractivity contribution is -0.603. The molecule has 5 aromatic rings. The van der Waals surface area contributed by atoms with Crippen molar-refractivity contribution in [3.63, 3.8) is 0 Å². The van der Waals surface area contributed by atoms with Gasteiger partial charge in [-0.05, 0) is 53.9 Å². The molecule has 5 heteroatoms. The molecule has 4 nitrogen and oxygen atoms in total. The smallest absolute Gasteiger partial charge is 0.188 e. The molecule has 3 aromatic heterocycles. The van der Waals surface area contributed by atoms with Crippen LogP contribution in [-0.4, -0.2) is 9.97 Å². The maximum atomic E-state index is 14.5. The minimum atomic E-state index is -0.331. The van der Waals surface area contributed by atoms with E-state index in [4.69, 9.17) is 0 Å². The van der Waals surface area contributed by atoms with E-state index >= 15 is 0 Å². The van der Waals surface area contributed by atoms with Crippen molar-refractivity contribution in [3.05, 3.63) is 95.8 Å². The van der Waals surface area contributed by atoms with Crippen LogP contribution in [0.2, 0.25) is 0 Å². The Balaban J connectivity index is 1.87. The number of hydrogen-bond donors (Lipinski definition) is 0. The van der Waals surface area contributed by atoms with Gasteiger partial charge in [-0.3, -0.25) is 0 Å². The summed E-state index contributed by atoms with van der Waals surface area (Å²) >= 11 is 0. The minimum Gasteiger partial charge on any atom is -0.619 e. The van der Waals surface area contributed by atoms with Crippen molar-refractivity contribution in [2.75, 3.05) is 0 Å². The summed E-state index contributed by atoms with van der Waals surface area (Å²) in [5.74, 6) is -0.331. The number of rotatable bonds is 2. The Bertz CT molecular complexity index is 1400. The van der Waals surface area contributed by atoms with E-state index in [2.05, 4.69) is 9.97 Å². The highest BCUT2D eigenvalue weighted by atomic mass is 19.1. The van der Waals surface area contributed by atoms with E-state index in [-0.39, 0.29) is 5.82 Å². The Labute approximate surface area is 166 Å². The highest BCUT2D eigenvalue weighted by Crippen LogP contribution is 2.36. The van der Waals surface area contributed by atoms with Crippen molar-refractivity contribution in [3.8, 4) is 22.4 Å². The molecule has 2 aromatic carbocycles. The van der Waals surface area contributed by atoms with Crippen LogP contribution in [0.5, 0.6) is 0 Å². The van der Waals surface area contributed by atoms with Gasteiger partial charge in [-0.25, -0.2) is 14.4 Å². The van der Waals surface area contributed by atoms with E-state index in [1.54, 1.807) is 30.6 Å². The molecule has 29 heavy (non-hydrogen) atoms. The molecular weight excluding hydrogens is 365 g/mol. The third kappa shape index (κ3) is 2.88. The van der Waals surface area contributed by atoms with Crippen molar-refractivity contribution >= 4 is 21.8 Å². The summed E-state index contributed by atoms with van der Waals surface area (Å²) in [6.07, 6.45) is 4.75. The first-order valence-corrected chi connectivity index (χ1v) is 9.25. The number of fused-ring (bicyclic) bond motifs is 2. The van der Waals surface area contributed by atoms with Gasteiger partial charge in [0.2, 0.25) is 0 Å². The molecule has 0 atom stereocenters. The number of aromatic nitrogens is 3. The first kappa shape index (κ1) is 17.3. The predicted octanol–water partition coefficient (Wildman–Crippen LogP) is 5.20. The average Bonchev–Trinajstić information content (AvgIpc) is 2.74. The Morgan fingerprint density at radius 3 is 2.59 bits per heavy atom. The van der Waals surface area contributed by atoms with Crippen molar-refractivity contribution in [2.24, 2.45) is 0 Å². The van der Waals surface area contributed by atoms with E-state index < -0.39 is 0 Å². The molecule has 0 aliphatic rings. The van der Waals surface area contributed by atoms with Crippen LogP contribution in [0.3, 0.4) is 0 Å². The van der Waals surface area contributed by atoms with Gasteiger partial charge in [0.15, 0.2) is 18.0 Å². The van der Waals surface area contributed by atoms with E-state index in [0.29, 0.717) is 16.9 Å². The van der Waals surface area contributed by atoms with Crippen molar-refractivity contribution in [1.82, 2.24) is 9.97 Å². The van der Waals surface area contributed by atoms with Crippen molar-refractivity contribution in [1.29, 1.82) is 0 Å². The predicted molar refractivity (Wildman–Crippen MR) is 112 cm³/mol. The number of nitrogens with zero attached hydrogens (tertiary/aromatic N) is 3. The normalized spacial score (nSPS) is 11.2. The molecule has 0 fully saturated rings. The van der Waals surface area contributed by atoms with Crippen LogP contribution in [0.25, 0.3) is 44.2 Å². The van der Waals surface area contributed by atoms with E-state index in [1.165, 1.54) is 12.3 Å². The fourth-order valence-electron chi connectivity index (χ4n) is 3.74. The number of pyridine rings is 3. The highest BCUT2D eigenvalue weighted by molar-refractivity contribution is 6.05. The van der Waals surface area contributed by atoms with Crippen LogP contribution >= 0.6 is 0 Å². The molecule has 0 amide bonds. The highest BCUT2D eigenvalue weighted by Gasteiger charge is 2.15. The van der Waals surface area contributed by atoms with Gasteiger partial charge in [0.05, 0.1) is 11.1 Å². The maximum Gasteiger partial charge on any atom is 0.188 e. The van der Waals surface area contributed by atoms with Crippen LogP contribution in [0, 0.1) is 17.9 Å². The number of benzene rings is 2. The molecule has 140 valence electrons. The monoisotopic (exact) mass is 381 g/mol. The largest absolute Gasteiger partial charge is 0.619 e. The van der Waals surface area contributed by atoms with E-state index in [9.17, 15) is 9.60 Å².